The number of hydrogen-bond acceptors (Lipinski definition) is 4. The van der Waals surface area contributed by atoms with Crippen molar-refractivity contribution >= 4 is 5.78 Å². The third-order valence-electron chi connectivity index (χ3n) is 3.83. The summed E-state index contributed by atoms with van der Waals surface area (Å²) in [6, 6.07) is 0. The summed E-state index contributed by atoms with van der Waals surface area (Å²) in [5, 5.41) is 10.2. The largest absolute Gasteiger partial charge is 0.384 e. The van der Waals surface area contributed by atoms with E-state index in [1.165, 1.54) is 7.11 Å². The number of ether oxygens (including phenoxy) is 2. The van der Waals surface area contributed by atoms with Crippen molar-refractivity contribution in [1.82, 2.24) is 0 Å². The van der Waals surface area contributed by atoms with E-state index < -0.39 is 5.79 Å². The Bertz CT molecular complexity index is 250. The maximum atomic E-state index is 12.1. The fraction of sp³-hybridized carbons (Fsp3) is 0.923. The van der Waals surface area contributed by atoms with Crippen LogP contribution in [0.4, 0.5) is 0 Å². The van der Waals surface area contributed by atoms with Crippen molar-refractivity contribution in [1.29, 1.82) is 0 Å². The van der Waals surface area contributed by atoms with Crippen LogP contribution in [0.2, 0.25) is 0 Å². The smallest absolute Gasteiger partial charge is 0.165 e. The zero-order valence-corrected chi connectivity index (χ0v) is 11.1. The molecule has 0 saturated heterocycles. The lowest BCUT2D eigenvalue weighted by atomic mass is 9.72. The summed E-state index contributed by atoms with van der Waals surface area (Å²) < 4.78 is 10.1. The molecule has 0 amide bonds. The van der Waals surface area contributed by atoms with Crippen molar-refractivity contribution in [2.45, 2.75) is 44.8 Å². The first-order valence-corrected chi connectivity index (χ1v) is 6.32. The van der Waals surface area contributed by atoms with Crippen LogP contribution in [0.5, 0.6) is 0 Å². The van der Waals surface area contributed by atoms with Gasteiger partial charge in [0.15, 0.2) is 5.79 Å². The normalized spacial score (nSPS) is 28.7. The molecule has 1 aliphatic carbocycles. The molecule has 1 N–H and O–H groups in total. The summed E-state index contributed by atoms with van der Waals surface area (Å²) in [4.78, 5) is 12.1. The molecule has 17 heavy (non-hydrogen) atoms. The number of carbonyl (C=O) groups excluding carboxylic acids is 1. The van der Waals surface area contributed by atoms with Gasteiger partial charge in [0, 0.05) is 32.5 Å². The fourth-order valence-electron chi connectivity index (χ4n) is 2.70. The summed E-state index contributed by atoms with van der Waals surface area (Å²) in [5.74, 6) is -1.19. The van der Waals surface area contributed by atoms with Crippen LogP contribution in [0.25, 0.3) is 0 Å². The second-order valence-electron chi connectivity index (χ2n) is 4.97. The highest BCUT2D eigenvalue weighted by Crippen LogP contribution is 2.38. The Morgan fingerprint density at radius 2 is 2.00 bits per heavy atom. The third kappa shape index (κ3) is 3.76. The summed E-state index contributed by atoms with van der Waals surface area (Å²) in [5.41, 5.74) is 0. The molecular weight excluding hydrogens is 220 g/mol. The molecule has 4 nitrogen and oxygen atoms in total. The van der Waals surface area contributed by atoms with Gasteiger partial charge >= 0.3 is 0 Å². The number of aliphatic hydroxyl groups is 1. The highest BCUT2D eigenvalue weighted by atomic mass is 16.6. The van der Waals surface area contributed by atoms with E-state index in [9.17, 15) is 9.90 Å². The van der Waals surface area contributed by atoms with Crippen LogP contribution in [0.3, 0.4) is 0 Å². The maximum Gasteiger partial charge on any atom is 0.165 e. The standard InChI is InChI=1S/C13H24O4/c1-13(15,17-3)11-7-5-4-6-10(11)12(14)8-9-16-2/h10-11,15H,4-9H2,1-3H3. The van der Waals surface area contributed by atoms with Crippen LogP contribution in [-0.2, 0) is 14.3 Å². The van der Waals surface area contributed by atoms with Gasteiger partial charge in [-0.1, -0.05) is 12.8 Å². The van der Waals surface area contributed by atoms with Crippen LogP contribution < -0.4 is 0 Å². The molecule has 100 valence electrons. The minimum Gasteiger partial charge on any atom is -0.384 e. The highest BCUT2D eigenvalue weighted by molar-refractivity contribution is 5.81. The molecule has 0 aromatic heterocycles. The molecule has 0 bridgehead atoms. The summed E-state index contributed by atoms with van der Waals surface area (Å²) in [6.45, 7) is 2.11. The lowest BCUT2D eigenvalue weighted by molar-refractivity contribution is -0.224. The quantitative estimate of drug-likeness (QED) is 0.723. The molecule has 3 unspecified atom stereocenters. The molecule has 0 heterocycles. The number of rotatable bonds is 6. The van der Waals surface area contributed by atoms with E-state index in [1.54, 1.807) is 14.0 Å². The van der Waals surface area contributed by atoms with Crippen LogP contribution in [-0.4, -0.2) is 37.5 Å². The van der Waals surface area contributed by atoms with Gasteiger partial charge in [-0.15, -0.1) is 0 Å². The Morgan fingerprint density at radius 1 is 1.35 bits per heavy atom. The lowest BCUT2D eigenvalue weighted by Gasteiger charge is -2.39. The van der Waals surface area contributed by atoms with Gasteiger partial charge in [0.05, 0.1) is 6.61 Å². The molecule has 0 aromatic carbocycles. The Balaban J connectivity index is 2.68. The van der Waals surface area contributed by atoms with Gasteiger partial charge in [0.1, 0.15) is 5.78 Å². The van der Waals surface area contributed by atoms with Gasteiger partial charge in [-0.05, 0) is 19.8 Å². The number of methoxy groups -OCH3 is 2. The zero-order chi connectivity index (χ0) is 12.9. The SMILES string of the molecule is COCCC(=O)C1CCCCC1C(C)(O)OC. The monoisotopic (exact) mass is 244 g/mol. The number of hydrogen-bond donors (Lipinski definition) is 1. The summed E-state index contributed by atoms with van der Waals surface area (Å²) in [7, 11) is 3.09. The molecule has 1 fully saturated rings. The molecule has 0 spiro atoms. The van der Waals surface area contributed by atoms with E-state index in [1.807, 2.05) is 0 Å². The van der Waals surface area contributed by atoms with Gasteiger partial charge in [0.2, 0.25) is 0 Å². The number of carbonyl (C=O) groups is 1. The minimum atomic E-state index is -1.20. The van der Waals surface area contributed by atoms with E-state index in [0.717, 1.165) is 25.7 Å². The first kappa shape index (κ1) is 14.6. The third-order valence-corrected chi connectivity index (χ3v) is 3.83. The first-order chi connectivity index (χ1) is 8.03. The van der Waals surface area contributed by atoms with Crippen molar-refractivity contribution in [3.8, 4) is 0 Å². The van der Waals surface area contributed by atoms with Crippen LogP contribution in [0, 0.1) is 11.8 Å². The van der Waals surface area contributed by atoms with Crippen LogP contribution in [0.15, 0.2) is 0 Å². The molecule has 1 aliphatic rings. The second kappa shape index (κ2) is 6.47. The van der Waals surface area contributed by atoms with Crippen molar-refractivity contribution < 1.29 is 19.4 Å². The van der Waals surface area contributed by atoms with Crippen molar-refractivity contribution in [3.63, 3.8) is 0 Å². The topological polar surface area (TPSA) is 55.8 Å². The average molecular weight is 244 g/mol. The number of Topliss-reactive ketones (excluding diaryl/α,β-unsaturated/α-hetero) is 1. The maximum absolute atomic E-state index is 12.1. The zero-order valence-electron chi connectivity index (χ0n) is 11.1. The summed E-state index contributed by atoms with van der Waals surface area (Å²) in [6.07, 6.45) is 4.24. The van der Waals surface area contributed by atoms with Gasteiger partial charge in [-0.25, -0.2) is 0 Å². The first-order valence-electron chi connectivity index (χ1n) is 6.32. The number of ketones is 1. The van der Waals surface area contributed by atoms with Gasteiger partial charge < -0.3 is 14.6 Å². The fourth-order valence-corrected chi connectivity index (χ4v) is 2.70. The van der Waals surface area contributed by atoms with Crippen molar-refractivity contribution in [2.75, 3.05) is 20.8 Å². The highest BCUT2D eigenvalue weighted by Gasteiger charge is 2.41. The Kier molecular flexibility index (Phi) is 5.56. The van der Waals surface area contributed by atoms with E-state index >= 15 is 0 Å². The van der Waals surface area contributed by atoms with E-state index in [2.05, 4.69) is 0 Å². The van der Waals surface area contributed by atoms with Gasteiger partial charge in [0.25, 0.3) is 0 Å². The summed E-state index contributed by atoms with van der Waals surface area (Å²) >= 11 is 0. The van der Waals surface area contributed by atoms with Gasteiger partial charge in [-0.2, -0.15) is 0 Å². The molecule has 1 rings (SSSR count). The minimum absolute atomic E-state index is 0.0890. The molecule has 0 aromatic rings. The molecule has 3 atom stereocenters. The van der Waals surface area contributed by atoms with Crippen molar-refractivity contribution in [2.24, 2.45) is 11.8 Å². The molecule has 0 radical (unpaired) electrons. The molecule has 4 heteroatoms. The predicted molar refractivity (Wildman–Crippen MR) is 64.6 cm³/mol. The molecular formula is C13H24O4. The second-order valence-corrected chi connectivity index (χ2v) is 4.97. The lowest BCUT2D eigenvalue weighted by Crippen LogP contribution is -2.45. The average Bonchev–Trinajstić information content (AvgIpc) is 2.36. The molecule has 0 aliphatic heterocycles. The van der Waals surface area contributed by atoms with E-state index in [-0.39, 0.29) is 17.6 Å². The Morgan fingerprint density at radius 3 is 2.59 bits per heavy atom. The Labute approximate surface area is 103 Å². The van der Waals surface area contributed by atoms with Crippen LogP contribution in [0.1, 0.15) is 39.0 Å². The molecule has 1 saturated carbocycles. The van der Waals surface area contributed by atoms with Crippen LogP contribution >= 0.6 is 0 Å². The van der Waals surface area contributed by atoms with E-state index in [4.69, 9.17) is 9.47 Å². The van der Waals surface area contributed by atoms with Crippen molar-refractivity contribution in [3.05, 3.63) is 0 Å². The van der Waals surface area contributed by atoms with E-state index in [0.29, 0.717) is 13.0 Å². The Hall–Kier alpha value is -0.450. The van der Waals surface area contributed by atoms with Gasteiger partial charge in [-0.3, -0.25) is 4.79 Å². The predicted octanol–water partition coefficient (Wildman–Crippen LogP) is 1.75.